The number of aryl methyl sites for hydroxylation is 2. The van der Waals surface area contributed by atoms with Crippen LogP contribution in [0, 0.1) is 19.8 Å². The minimum absolute atomic E-state index is 0.0643. The number of aliphatic carboxylic acids is 1. The van der Waals surface area contributed by atoms with Crippen LogP contribution >= 0.6 is 11.3 Å². The number of nitrogens with zero attached hydrogens (tertiary/aromatic N) is 1. The molecule has 0 amide bonds. The van der Waals surface area contributed by atoms with Crippen LogP contribution in [-0.4, -0.2) is 36.4 Å². The third-order valence-corrected chi connectivity index (χ3v) is 7.46. The quantitative estimate of drug-likeness (QED) is 0.927. The largest absolute Gasteiger partial charge is 0.481 e. The highest BCUT2D eigenvalue weighted by atomic mass is 32.2. The molecule has 0 saturated carbocycles. The molecule has 0 spiro atoms. The molecule has 1 aromatic heterocycles. The van der Waals surface area contributed by atoms with Crippen molar-refractivity contribution in [3.05, 3.63) is 16.5 Å². The summed E-state index contributed by atoms with van der Waals surface area (Å²) in [7, 11) is -3.59. The van der Waals surface area contributed by atoms with Gasteiger partial charge < -0.3 is 5.11 Å². The molecule has 2 rings (SSSR count). The van der Waals surface area contributed by atoms with Crippen LogP contribution in [-0.2, 0) is 14.8 Å². The second kappa shape index (κ2) is 5.46. The number of carboxylic acids is 1. The van der Waals surface area contributed by atoms with Gasteiger partial charge in [-0.15, -0.1) is 11.3 Å². The average Bonchev–Trinajstić information content (AvgIpc) is 2.70. The fraction of sp³-hybridized carbons (Fsp3) is 0.615. The van der Waals surface area contributed by atoms with Crippen LogP contribution in [0.3, 0.4) is 0 Å². The molecule has 1 aromatic rings. The SMILES string of the molecule is Cc1cc(S(=O)(=O)N2CC(C(=O)O)CCC2C)sc1C. The lowest BCUT2D eigenvalue weighted by molar-refractivity contribution is -0.143. The molecule has 0 aromatic carbocycles. The van der Waals surface area contributed by atoms with Crippen LogP contribution < -0.4 is 0 Å². The maximum Gasteiger partial charge on any atom is 0.307 e. The second-order valence-corrected chi connectivity index (χ2v) is 8.71. The molecule has 1 N–H and O–H groups in total. The first-order valence-electron chi connectivity index (χ1n) is 6.55. The lowest BCUT2D eigenvalue weighted by Crippen LogP contribution is -2.47. The summed E-state index contributed by atoms with van der Waals surface area (Å²) in [5.41, 5.74) is 0.952. The molecule has 1 saturated heterocycles. The van der Waals surface area contributed by atoms with E-state index >= 15 is 0 Å². The summed E-state index contributed by atoms with van der Waals surface area (Å²) in [6.45, 7) is 5.67. The highest BCUT2D eigenvalue weighted by molar-refractivity contribution is 7.91. The Morgan fingerprint density at radius 3 is 2.55 bits per heavy atom. The molecule has 2 atom stereocenters. The fourth-order valence-electron chi connectivity index (χ4n) is 2.39. The lowest BCUT2D eigenvalue weighted by Gasteiger charge is -2.34. The predicted octanol–water partition coefficient (Wildman–Crippen LogP) is 2.24. The molecule has 7 heteroatoms. The Labute approximate surface area is 123 Å². The summed E-state index contributed by atoms with van der Waals surface area (Å²) in [4.78, 5) is 12.1. The number of carboxylic acid groups (broad SMARTS) is 1. The third kappa shape index (κ3) is 2.75. The van der Waals surface area contributed by atoms with Crippen molar-refractivity contribution in [1.29, 1.82) is 0 Å². The van der Waals surface area contributed by atoms with Gasteiger partial charge in [-0.05, 0) is 45.2 Å². The molecule has 1 aliphatic rings. The van der Waals surface area contributed by atoms with E-state index in [9.17, 15) is 13.2 Å². The van der Waals surface area contributed by atoms with E-state index in [0.29, 0.717) is 17.1 Å². The van der Waals surface area contributed by atoms with Gasteiger partial charge in [0.05, 0.1) is 5.92 Å². The Morgan fingerprint density at radius 1 is 1.40 bits per heavy atom. The number of hydrogen-bond acceptors (Lipinski definition) is 4. The van der Waals surface area contributed by atoms with Gasteiger partial charge in [-0.3, -0.25) is 4.79 Å². The highest BCUT2D eigenvalue weighted by Crippen LogP contribution is 2.32. The smallest absolute Gasteiger partial charge is 0.307 e. The first kappa shape index (κ1) is 15.5. The fourth-order valence-corrected chi connectivity index (χ4v) is 5.75. The molecule has 0 radical (unpaired) electrons. The Balaban J connectivity index is 2.34. The minimum Gasteiger partial charge on any atom is -0.481 e. The molecule has 20 heavy (non-hydrogen) atoms. The molecule has 2 unspecified atom stereocenters. The number of rotatable bonds is 3. The Hall–Kier alpha value is -0.920. The predicted molar refractivity (Wildman–Crippen MR) is 77.5 cm³/mol. The summed E-state index contributed by atoms with van der Waals surface area (Å²) in [5.74, 6) is -1.53. The monoisotopic (exact) mass is 317 g/mol. The van der Waals surface area contributed by atoms with Crippen molar-refractivity contribution in [1.82, 2.24) is 4.31 Å². The molecule has 0 aliphatic carbocycles. The van der Waals surface area contributed by atoms with E-state index in [1.807, 2.05) is 20.8 Å². The number of hydrogen-bond donors (Lipinski definition) is 1. The van der Waals surface area contributed by atoms with E-state index in [-0.39, 0.29) is 12.6 Å². The van der Waals surface area contributed by atoms with Crippen LogP contribution in [0.4, 0.5) is 0 Å². The van der Waals surface area contributed by atoms with Gasteiger partial charge in [-0.1, -0.05) is 0 Å². The van der Waals surface area contributed by atoms with E-state index in [1.165, 1.54) is 15.6 Å². The van der Waals surface area contributed by atoms with Crippen molar-refractivity contribution in [3.8, 4) is 0 Å². The van der Waals surface area contributed by atoms with Crippen molar-refractivity contribution in [3.63, 3.8) is 0 Å². The molecule has 112 valence electrons. The summed E-state index contributed by atoms with van der Waals surface area (Å²) >= 11 is 1.25. The van der Waals surface area contributed by atoms with Gasteiger partial charge in [0.15, 0.2) is 0 Å². The number of thiophene rings is 1. The Bertz CT molecular complexity index is 601. The summed E-state index contributed by atoms with van der Waals surface area (Å²) in [6.07, 6.45) is 1.12. The van der Waals surface area contributed by atoms with E-state index in [0.717, 1.165) is 10.4 Å². The minimum atomic E-state index is -3.59. The summed E-state index contributed by atoms with van der Waals surface area (Å²) in [5, 5.41) is 9.11. The number of carbonyl (C=O) groups is 1. The molecule has 1 fully saturated rings. The van der Waals surface area contributed by atoms with Crippen molar-refractivity contribution in [2.75, 3.05) is 6.54 Å². The molecule has 5 nitrogen and oxygen atoms in total. The summed E-state index contributed by atoms with van der Waals surface area (Å²) < 4.78 is 27.0. The van der Waals surface area contributed by atoms with Gasteiger partial charge in [-0.2, -0.15) is 4.31 Å². The highest BCUT2D eigenvalue weighted by Gasteiger charge is 2.38. The normalized spacial score (nSPS) is 24.8. The Kier molecular flexibility index (Phi) is 4.22. The topological polar surface area (TPSA) is 74.7 Å². The maximum absolute atomic E-state index is 12.7. The summed E-state index contributed by atoms with van der Waals surface area (Å²) in [6, 6.07) is 1.52. The van der Waals surface area contributed by atoms with Crippen molar-refractivity contribution >= 4 is 27.3 Å². The van der Waals surface area contributed by atoms with Gasteiger partial charge in [-0.25, -0.2) is 8.42 Å². The van der Waals surface area contributed by atoms with Crippen molar-refractivity contribution in [2.45, 2.75) is 43.9 Å². The first-order valence-corrected chi connectivity index (χ1v) is 8.81. The van der Waals surface area contributed by atoms with Crippen LogP contribution in [0.1, 0.15) is 30.2 Å². The number of sulfonamides is 1. The van der Waals surface area contributed by atoms with E-state index in [4.69, 9.17) is 5.11 Å². The molecular formula is C13H19NO4S2. The standard InChI is InChI=1S/C13H19NO4S2/c1-8-6-12(19-10(8)3)20(17,18)14-7-11(13(15)16)5-4-9(14)2/h6,9,11H,4-5,7H2,1-3H3,(H,15,16). The maximum atomic E-state index is 12.7. The van der Waals surface area contributed by atoms with Crippen molar-refractivity contribution < 1.29 is 18.3 Å². The van der Waals surface area contributed by atoms with E-state index in [2.05, 4.69) is 0 Å². The average molecular weight is 317 g/mol. The molecular weight excluding hydrogens is 298 g/mol. The molecule has 0 bridgehead atoms. The number of piperidine rings is 1. The zero-order valence-corrected chi connectivity index (χ0v) is 13.4. The molecule has 1 aliphatic heterocycles. The van der Waals surface area contributed by atoms with Crippen LogP contribution in [0.25, 0.3) is 0 Å². The molecule has 2 heterocycles. The zero-order chi connectivity index (χ0) is 15.1. The zero-order valence-electron chi connectivity index (χ0n) is 11.8. The van der Waals surface area contributed by atoms with E-state index in [1.54, 1.807) is 6.07 Å². The lowest BCUT2D eigenvalue weighted by atomic mass is 9.96. The van der Waals surface area contributed by atoms with E-state index < -0.39 is 21.9 Å². The van der Waals surface area contributed by atoms with Gasteiger partial charge in [0, 0.05) is 17.5 Å². The van der Waals surface area contributed by atoms with Crippen LogP contribution in [0.5, 0.6) is 0 Å². The van der Waals surface area contributed by atoms with Gasteiger partial charge >= 0.3 is 5.97 Å². The van der Waals surface area contributed by atoms with Crippen molar-refractivity contribution in [2.24, 2.45) is 5.92 Å². The third-order valence-electron chi connectivity index (χ3n) is 3.88. The van der Waals surface area contributed by atoms with Crippen LogP contribution in [0.15, 0.2) is 10.3 Å². The first-order chi connectivity index (χ1) is 9.23. The van der Waals surface area contributed by atoms with Gasteiger partial charge in [0.25, 0.3) is 10.0 Å². The Morgan fingerprint density at radius 2 is 2.05 bits per heavy atom. The van der Waals surface area contributed by atoms with Gasteiger partial charge in [0.2, 0.25) is 0 Å². The van der Waals surface area contributed by atoms with Crippen LogP contribution in [0.2, 0.25) is 0 Å². The van der Waals surface area contributed by atoms with Gasteiger partial charge in [0.1, 0.15) is 4.21 Å². The second-order valence-electron chi connectivity index (χ2n) is 5.34.